The van der Waals surface area contributed by atoms with E-state index in [1.54, 1.807) is 12.0 Å². The van der Waals surface area contributed by atoms with E-state index in [4.69, 9.17) is 4.74 Å². The van der Waals surface area contributed by atoms with Gasteiger partial charge in [0, 0.05) is 31.9 Å². The van der Waals surface area contributed by atoms with Gasteiger partial charge in [-0.25, -0.2) is 4.79 Å². The molecular formula is C18H21N3O3S. The van der Waals surface area contributed by atoms with Crippen molar-refractivity contribution in [3.05, 3.63) is 46.7 Å². The van der Waals surface area contributed by atoms with Crippen molar-refractivity contribution in [3.63, 3.8) is 0 Å². The minimum Gasteiger partial charge on any atom is -0.497 e. The minimum atomic E-state index is -0.116. The molecule has 0 spiro atoms. The Morgan fingerprint density at radius 2 is 1.84 bits per heavy atom. The summed E-state index contributed by atoms with van der Waals surface area (Å²) in [5.41, 5.74) is 0.737. The normalized spacial score (nSPS) is 15.0. The molecule has 2 amide bonds. The number of nitrogens with zero attached hydrogens (tertiary/aromatic N) is 2. The number of ether oxygens (including phenoxy) is 1. The van der Waals surface area contributed by atoms with Crippen LogP contribution in [0.4, 0.5) is 10.5 Å². The van der Waals surface area contributed by atoms with E-state index in [2.05, 4.69) is 10.2 Å². The standard InChI is InChI=1S/C18H21N3O3S/c1-24-15-6-4-14(5-7-15)19-18(23)21-10-8-20(9-11-21)13-16(22)17-3-2-12-25-17/h2-7,12H,8-11,13H2,1H3,(H,19,23). The van der Waals surface area contributed by atoms with Gasteiger partial charge in [-0.3, -0.25) is 9.69 Å². The van der Waals surface area contributed by atoms with Crippen molar-refractivity contribution in [2.24, 2.45) is 0 Å². The van der Waals surface area contributed by atoms with Gasteiger partial charge < -0.3 is 15.0 Å². The number of carbonyl (C=O) groups is 2. The van der Waals surface area contributed by atoms with Crippen molar-refractivity contribution in [2.45, 2.75) is 0 Å². The highest BCUT2D eigenvalue weighted by atomic mass is 32.1. The third kappa shape index (κ3) is 4.58. The van der Waals surface area contributed by atoms with Crippen molar-refractivity contribution >= 4 is 28.8 Å². The van der Waals surface area contributed by atoms with Gasteiger partial charge in [-0.05, 0) is 35.7 Å². The average Bonchev–Trinajstić information content (AvgIpc) is 3.18. The van der Waals surface area contributed by atoms with Gasteiger partial charge in [0.15, 0.2) is 5.78 Å². The van der Waals surface area contributed by atoms with Crippen LogP contribution in [0, 0.1) is 0 Å². The van der Waals surface area contributed by atoms with E-state index in [0.29, 0.717) is 32.7 Å². The number of urea groups is 1. The molecule has 0 bridgehead atoms. The fraction of sp³-hybridized carbons (Fsp3) is 0.333. The highest BCUT2D eigenvalue weighted by Crippen LogP contribution is 2.16. The van der Waals surface area contributed by atoms with E-state index in [1.165, 1.54) is 11.3 Å². The number of thiophene rings is 1. The minimum absolute atomic E-state index is 0.116. The first-order valence-corrected chi connectivity index (χ1v) is 9.03. The predicted octanol–water partition coefficient (Wildman–Crippen LogP) is 2.79. The lowest BCUT2D eigenvalue weighted by Crippen LogP contribution is -2.51. The van der Waals surface area contributed by atoms with Crippen LogP contribution < -0.4 is 10.1 Å². The second-order valence-electron chi connectivity index (χ2n) is 5.82. The van der Waals surface area contributed by atoms with Crippen LogP contribution in [0.2, 0.25) is 0 Å². The summed E-state index contributed by atoms with van der Waals surface area (Å²) in [6.45, 7) is 3.04. The van der Waals surface area contributed by atoms with Gasteiger partial charge in [-0.2, -0.15) is 0 Å². The van der Waals surface area contributed by atoms with E-state index in [-0.39, 0.29) is 11.8 Å². The molecule has 0 atom stereocenters. The first-order chi connectivity index (χ1) is 12.2. The number of rotatable bonds is 5. The molecule has 1 aromatic heterocycles. The zero-order chi connectivity index (χ0) is 17.6. The second-order valence-corrected chi connectivity index (χ2v) is 6.77. The Hall–Kier alpha value is -2.38. The van der Waals surface area contributed by atoms with E-state index >= 15 is 0 Å². The maximum atomic E-state index is 12.3. The molecule has 0 radical (unpaired) electrons. The molecule has 1 aliphatic rings. The number of ketones is 1. The van der Waals surface area contributed by atoms with Crippen LogP contribution in [-0.4, -0.2) is 61.4 Å². The van der Waals surface area contributed by atoms with Crippen LogP contribution in [0.15, 0.2) is 41.8 Å². The number of nitrogens with one attached hydrogen (secondary N) is 1. The van der Waals surface area contributed by atoms with Gasteiger partial charge >= 0.3 is 6.03 Å². The molecule has 25 heavy (non-hydrogen) atoms. The van der Waals surface area contributed by atoms with Crippen LogP contribution in [0.3, 0.4) is 0 Å². The van der Waals surface area contributed by atoms with Crippen molar-refractivity contribution in [3.8, 4) is 5.75 Å². The third-order valence-corrected chi connectivity index (χ3v) is 5.07. The van der Waals surface area contributed by atoms with Crippen LogP contribution >= 0.6 is 11.3 Å². The molecule has 1 fully saturated rings. The van der Waals surface area contributed by atoms with E-state index < -0.39 is 0 Å². The summed E-state index contributed by atoms with van der Waals surface area (Å²) in [6, 6.07) is 10.9. The Morgan fingerprint density at radius 1 is 1.12 bits per heavy atom. The van der Waals surface area contributed by atoms with Gasteiger partial charge in [-0.1, -0.05) is 6.07 Å². The number of carbonyl (C=O) groups excluding carboxylic acids is 2. The lowest BCUT2D eigenvalue weighted by molar-refractivity contribution is 0.0887. The van der Waals surface area contributed by atoms with E-state index in [1.807, 2.05) is 41.8 Å². The van der Waals surface area contributed by atoms with Gasteiger partial charge in [0.2, 0.25) is 0 Å². The largest absolute Gasteiger partial charge is 0.497 e. The molecule has 6 nitrogen and oxygen atoms in total. The summed E-state index contributed by atoms with van der Waals surface area (Å²) in [7, 11) is 1.61. The summed E-state index contributed by atoms with van der Waals surface area (Å²) in [6.07, 6.45) is 0. The number of piperazine rings is 1. The summed E-state index contributed by atoms with van der Waals surface area (Å²) >= 11 is 1.47. The van der Waals surface area contributed by atoms with Gasteiger partial charge in [0.1, 0.15) is 5.75 Å². The molecule has 3 rings (SSSR count). The molecule has 0 aliphatic carbocycles. The van der Waals surface area contributed by atoms with Gasteiger partial charge in [-0.15, -0.1) is 11.3 Å². The monoisotopic (exact) mass is 359 g/mol. The van der Waals surface area contributed by atoms with Crippen molar-refractivity contribution < 1.29 is 14.3 Å². The number of methoxy groups -OCH3 is 1. The Kier molecular flexibility index (Phi) is 5.67. The Labute approximate surface area is 151 Å². The van der Waals surface area contributed by atoms with Crippen LogP contribution in [0.1, 0.15) is 9.67 Å². The molecule has 1 saturated heterocycles. The highest BCUT2D eigenvalue weighted by molar-refractivity contribution is 7.12. The molecule has 0 saturated carbocycles. The lowest BCUT2D eigenvalue weighted by atomic mass is 10.2. The first-order valence-electron chi connectivity index (χ1n) is 8.15. The van der Waals surface area contributed by atoms with Crippen molar-refractivity contribution in [2.75, 3.05) is 45.2 Å². The Bertz CT molecular complexity index is 708. The third-order valence-electron chi connectivity index (χ3n) is 4.16. The summed E-state index contributed by atoms with van der Waals surface area (Å²) in [5, 5.41) is 4.80. The van der Waals surface area contributed by atoms with Crippen LogP contribution in [0.5, 0.6) is 5.75 Å². The van der Waals surface area contributed by atoms with Crippen molar-refractivity contribution in [1.82, 2.24) is 9.80 Å². The fourth-order valence-electron chi connectivity index (χ4n) is 2.70. The first kappa shape index (κ1) is 17.4. The van der Waals surface area contributed by atoms with Crippen molar-refractivity contribution in [1.29, 1.82) is 0 Å². The zero-order valence-electron chi connectivity index (χ0n) is 14.1. The lowest BCUT2D eigenvalue weighted by Gasteiger charge is -2.34. The quantitative estimate of drug-likeness (QED) is 0.834. The molecule has 0 unspecified atom stereocenters. The highest BCUT2D eigenvalue weighted by Gasteiger charge is 2.23. The number of Topliss-reactive ketones (excluding diaryl/α,β-unsaturated/α-hetero) is 1. The van der Waals surface area contributed by atoms with Gasteiger partial charge in [0.25, 0.3) is 0 Å². The molecule has 2 heterocycles. The SMILES string of the molecule is COc1ccc(NC(=O)N2CCN(CC(=O)c3cccs3)CC2)cc1. The number of benzene rings is 1. The second kappa shape index (κ2) is 8.13. The molecule has 1 aliphatic heterocycles. The maximum absolute atomic E-state index is 12.3. The molecular weight excluding hydrogens is 338 g/mol. The van der Waals surface area contributed by atoms with E-state index in [0.717, 1.165) is 16.3 Å². The number of hydrogen-bond acceptors (Lipinski definition) is 5. The molecule has 132 valence electrons. The molecule has 1 aromatic carbocycles. The molecule has 1 N–H and O–H groups in total. The zero-order valence-corrected chi connectivity index (χ0v) is 14.9. The average molecular weight is 359 g/mol. The molecule has 7 heteroatoms. The number of amides is 2. The van der Waals surface area contributed by atoms with E-state index in [9.17, 15) is 9.59 Å². The van der Waals surface area contributed by atoms with Gasteiger partial charge in [0.05, 0.1) is 18.5 Å². The smallest absolute Gasteiger partial charge is 0.321 e. The predicted molar refractivity (Wildman–Crippen MR) is 98.7 cm³/mol. The number of hydrogen-bond donors (Lipinski definition) is 1. The summed E-state index contributed by atoms with van der Waals surface area (Å²) in [5.74, 6) is 0.896. The Morgan fingerprint density at radius 3 is 2.44 bits per heavy atom. The number of anilines is 1. The maximum Gasteiger partial charge on any atom is 0.321 e. The topological polar surface area (TPSA) is 61.9 Å². The summed E-state index contributed by atoms with van der Waals surface area (Å²) in [4.78, 5) is 29.1. The van der Waals surface area contributed by atoms with Crippen LogP contribution in [0.25, 0.3) is 0 Å². The fourth-order valence-corrected chi connectivity index (χ4v) is 3.36. The van der Waals surface area contributed by atoms with Crippen LogP contribution in [-0.2, 0) is 0 Å². The molecule has 2 aromatic rings. The summed E-state index contributed by atoms with van der Waals surface area (Å²) < 4.78 is 5.11. The Balaban J connectivity index is 1.46.